The van der Waals surface area contributed by atoms with Gasteiger partial charge in [0.25, 0.3) is 0 Å². The van der Waals surface area contributed by atoms with Crippen molar-refractivity contribution in [2.75, 3.05) is 31.1 Å². The molecule has 126 valence electrons. The van der Waals surface area contributed by atoms with Gasteiger partial charge in [-0.1, -0.05) is 39.3 Å². The highest BCUT2D eigenvalue weighted by molar-refractivity contribution is 5.83. The summed E-state index contributed by atoms with van der Waals surface area (Å²) in [5.74, 6) is 1.08. The van der Waals surface area contributed by atoms with Crippen LogP contribution < -0.4 is 4.90 Å². The lowest BCUT2D eigenvalue weighted by molar-refractivity contribution is -0.146. The van der Waals surface area contributed by atoms with Gasteiger partial charge in [-0.05, 0) is 42.9 Å². The van der Waals surface area contributed by atoms with Gasteiger partial charge in [-0.3, -0.25) is 4.79 Å². The minimum atomic E-state index is -0.0549. The molecule has 1 aliphatic carbocycles. The van der Waals surface area contributed by atoms with Crippen LogP contribution in [0.4, 0.5) is 5.69 Å². The van der Waals surface area contributed by atoms with E-state index in [0.717, 1.165) is 45.4 Å². The number of hydrogen-bond donors (Lipinski definition) is 0. The third-order valence-electron chi connectivity index (χ3n) is 5.49. The van der Waals surface area contributed by atoms with Crippen molar-refractivity contribution in [2.45, 2.75) is 46.5 Å². The van der Waals surface area contributed by atoms with Crippen molar-refractivity contribution >= 4 is 11.6 Å². The van der Waals surface area contributed by atoms with Crippen molar-refractivity contribution in [3.8, 4) is 0 Å². The van der Waals surface area contributed by atoms with Crippen molar-refractivity contribution in [1.29, 1.82) is 0 Å². The van der Waals surface area contributed by atoms with Gasteiger partial charge in [0.15, 0.2) is 0 Å². The molecule has 1 saturated heterocycles. The molecule has 23 heavy (non-hydrogen) atoms. The van der Waals surface area contributed by atoms with Gasteiger partial charge >= 0.3 is 0 Å². The van der Waals surface area contributed by atoms with Gasteiger partial charge in [-0.25, -0.2) is 0 Å². The lowest BCUT2D eigenvalue weighted by Crippen LogP contribution is -2.54. The Bertz CT molecular complexity index is 537. The average molecular weight is 314 g/mol. The van der Waals surface area contributed by atoms with E-state index < -0.39 is 0 Å². The first-order chi connectivity index (χ1) is 11.0. The van der Waals surface area contributed by atoms with Gasteiger partial charge in [0.1, 0.15) is 0 Å². The first-order valence-corrected chi connectivity index (χ1v) is 9.11. The lowest BCUT2D eigenvalue weighted by atomic mass is 9.69. The molecule has 1 aromatic rings. The molecule has 3 heteroatoms. The topological polar surface area (TPSA) is 23.6 Å². The molecule has 1 heterocycles. The zero-order chi connectivity index (χ0) is 16.4. The fourth-order valence-corrected chi connectivity index (χ4v) is 3.78. The highest BCUT2D eigenvalue weighted by Crippen LogP contribution is 2.42. The lowest BCUT2D eigenvalue weighted by Gasteiger charge is -2.44. The molecule has 0 unspecified atom stereocenters. The summed E-state index contributed by atoms with van der Waals surface area (Å²) in [6.07, 6.45) is 4.50. The van der Waals surface area contributed by atoms with Crippen molar-refractivity contribution in [3.63, 3.8) is 0 Å². The van der Waals surface area contributed by atoms with E-state index in [1.807, 2.05) is 0 Å². The molecule has 3 nitrogen and oxygen atoms in total. The highest BCUT2D eigenvalue weighted by atomic mass is 16.2. The van der Waals surface area contributed by atoms with Crippen molar-refractivity contribution < 1.29 is 4.79 Å². The normalized spacial score (nSPS) is 20.5. The number of rotatable bonds is 4. The molecule has 0 N–H and O–H groups in total. The number of anilines is 1. The van der Waals surface area contributed by atoms with Crippen molar-refractivity contribution in [3.05, 3.63) is 29.8 Å². The van der Waals surface area contributed by atoms with Crippen LogP contribution in [0.15, 0.2) is 24.3 Å². The van der Waals surface area contributed by atoms with E-state index in [4.69, 9.17) is 0 Å². The summed E-state index contributed by atoms with van der Waals surface area (Å²) in [5.41, 5.74) is 2.65. The minimum absolute atomic E-state index is 0.0549. The van der Waals surface area contributed by atoms with Gasteiger partial charge in [-0.15, -0.1) is 0 Å². The summed E-state index contributed by atoms with van der Waals surface area (Å²) in [4.78, 5) is 17.1. The van der Waals surface area contributed by atoms with Crippen LogP contribution in [-0.4, -0.2) is 37.0 Å². The molecule has 0 spiro atoms. The summed E-state index contributed by atoms with van der Waals surface area (Å²) in [6, 6.07) is 8.98. The van der Waals surface area contributed by atoms with E-state index in [-0.39, 0.29) is 5.41 Å². The maximum atomic E-state index is 12.6. The maximum Gasteiger partial charge on any atom is 0.228 e. The predicted octanol–water partition coefficient (Wildman–Crippen LogP) is 3.72. The molecule has 0 aromatic heterocycles. The fraction of sp³-hybridized carbons (Fsp3) is 0.650. The predicted molar refractivity (Wildman–Crippen MR) is 95.7 cm³/mol. The zero-order valence-electron chi connectivity index (χ0n) is 14.8. The Morgan fingerprint density at radius 3 is 2.17 bits per heavy atom. The molecule has 2 fully saturated rings. The van der Waals surface area contributed by atoms with E-state index in [2.05, 4.69) is 54.8 Å². The molecule has 1 aromatic carbocycles. The van der Waals surface area contributed by atoms with Gasteiger partial charge in [0.05, 0.1) is 0 Å². The standard InChI is InChI=1S/C20H30N2O/c1-16(2)15-17-5-7-18(8-6-17)21-11-13-22(14-12-21)19(23)20(3)9-4-10-20/h5-8,16H,4,9-15H2,1-3H3. The molecule has 3 rings (SSSR count). The van der Waals surface area contributed by atoms with E-state index in [1.54, 1.807) is 0 Å². The molecule has 0 atom stereocenters. The molecule has 0 bridgehead atoms. The average Bonchev–Trinajstić information content (AvgIpc) is 2.52. The first kappa shape index (κ1) is 16.4. The summed E-state index contributed by atoms with van der Waals surface area (Å²) in [6.45, 7) is 10.3. The minimum Gasteiger partial charge on any atom is -0.368 e. The van der Waals surface area contributed by atoms with Crippen LogP contribution in [0.3, 0.4) is 0 Å². The number of nitrogens with zero attached hydrogens (tertiary/aromatic N) is 2. The van der Waals surface area contributed by atoms with Crippen LogP contribution >= 0.6 is 0 Å². The Kier molecular flexibility index (Phi) is 4.65. The van der Waals surface area contributed by atoms with Crippen molar-refractivity contribution in [2.24, 2.45) is 11.3 Å². The SMILES string of the molecule is CC(C)Cc1ccc(N2CCN(C(=O)C3(C)CCC3)CC2)cc1. The Labute approximate surface area is 140 Å². The van der Waals surface area contributed by atoms with Gasteiger partial charge < -0.3 is 9.80 Å². The Hall–Kier alpha value is -1.51. The third-order valence-corrected chi connectivity index (χ3v) is 5.49. The van der Waals surface area contributed by atoms with Gasteiger partial charge in [0, 0.05) is 37.3 Å². The number of piperazine rings is 1. The maximum absolute atomic E-state index is 12.6. The second-order valence-electron chi connectivity index (χ2n) is 7.96. The van der Waals surface area contributed by atoms with Crippen LogP contribution in [-0.2, 0) is 11.2 Å². The quantitative estimate of drug-likeness (QED) is 0.845. The molecule has 0 radical (unpaired) electrons. The second-order valence-corrected chi connectivity index (χ2v) is 7.96. The second kappa shape index (κ2) is 6.54. The molecule has 2 aliphatic rings. The first-order valence-electron chi connectivity index (χ1n) is 9.11. The van der Waals surface area contributed by atoms with Gasteiger partial charge in [0.2, 0.25) is 5.91 Å². The van der Waals surface area contributed by atoms with E-state index >= 15 is 0 Å². The molecule has 1 saturated carbocycles. The summed E-state index contributed by atoms with van der Waals surface area (Å²) < 4.78 is 0. The van der Waals surface area contributed by atoms with Crippen LogP contribution in [0.5, 0.6) is 0 Å². The zero-order valence-corrected chi connectivity index (χ0v) is 14.8. The number of hydrogen-bond acceptors (Lipinski definition) is 2. The number of amides is 1. The van der Waals surface area contributed by atoms with Crippen molar-refractivity contribution in [1.82, 2.24) is 4.90 Å². The number of carbonyl (C=O) groups is 1. The van der Waals surface area contributed by atoms with Crippen LogP contribution in [0.2, 0.25) is 0 Å². The van der Waals surface area contributed by atoms with E-state index in [0.29, 0.717) is 11.8 Å². The molecular formula is C20H30N2O. The molecular weight excluding hydrogens is 284 g/mol. The fourth-order valence-electron chi connectivity index (χ4n) is 3.78. The highest BCUT2D eigenvalue weighted by Gasteiger charge is 2.42. The van der Waals surface area contributed by atoms with Crippen LogP contribution in [0.25, 0.3) is 0 Å². The number of benzene rings is 1. The third kappa shape index (κ3) is 3.54. The summed E-state index contributed by atoms with van der Waals surface area (Å²) >= 11 is 0. The Balaban J connectivity index is 1.55. The van der Waals surface area contributed by atoms with Gasteiger partial charge in [-0.2, -0.15) is 0 Å². The molecule has 1 amide bonds. The van der Waals surface area contributed by atoms with E-state index in [1.165, 1.54) is 17.7 Å². The van der Waals surface area contributed by atoms with Crippen LogP contribution in [0.1, 0.15) is 45.6 Å². The largest absolute Gasteiger partial charge is 0.368 e. The summed E-state index contributed by atoms with van der Waals surface area (Å²) in [5, 5.41) is 0. The summed E-state index contributed by atoms with van der Waals surface area (Å²) in [7, 11) is 0. The Morgan fingerprint density at radius 2 is 1.70 bits per heavy atom. The Morgan fingerprint density at radius 1 is 1.09 bits per heavy atom. The monoisotopic (exact) mass is 314 g/mol. The number of carbonyl (C=O) groups excluding carboxylic acids is 1. The van der Waals surface area contributed by atoms with E-state index in [9.17, 15) is 4.79 Å². The van der Waals surface area contributed by atoms with Crippen LogP contribution in [0, 0.1) is 11.3 Å². The molecule has 1 aliphatic heterocycles. The smallest absolute Gasteiger partial charge is 0.228 e.